The van der Waals surface area contributed by atoms with Gasteiger partial charge in [-0.2, -0.15) is 18.3 Å². The minimum absolute atomic E-state index is 0.0191. The lowest BCUT2D eigenvalue weighted by Gasteiger charge is -2.18. The standard InChI is InChI=1S/C19H20F3N3O4/c1-4-24(5-2)16(27)11-29-18(28)17-15(26)9-12(3)25(23-17)14-8-6-7-13(10-14)19(20,21)22/h6-10H,4-5,11H2,1-3H3. The zero-order valence-electron chi connectivity index (χ0n) is 16.1. The molecule has 0 radical (unpaired) electrons. The highest BCUT2D eigenvalue weighted by atomic mass is 19.4. The second-order valence-corrected chi connectivity index (χ2v) is 6.10. The zero-order valence-corrected chi connectivity index (χ0v) is 16.1. The van der Waals surface area contributed by atoms with Gasteiger partial charge in [0.25, 0.3) is 5.91 Å². The van der Waals surface area contributed by atoms with Crippen LogP contribution in [0.15, 0.2) is 35.1 Å². The molecule has 0 aliphatic rings. The Labute approximate surface area is 164 Å². The number of hydrogen-bond acceptors (Lipinski definition) is 5. The second-order valence-electron chi connectivity index (χ2n) is 6.10. The van der Waals surface area contributed by atoms with E-state index in [1.807, 2.05) is 0 Å². The van der Waals surface area contributed by atoms with Gasteiger partial charge in [0.2, 0.25) is 11.1 Å². The van der Waals surface area contributed by atoms with Gasteiger partial charge in [0.1, 0.15) is 0 Å². The van der Waals surface area contributed by atoms with E-state index in [1.54, 1.807) is 13.8 Å². The van der Waals surface area contributed by atoms with Crippen molar-refractivity contribution < 1.29 is 27.5 Å². The molecule has 1 amide bonds. The van der Waals surface area contributed by atoms with Crippen LogP contribution >= 0.6 is 0 Å². The van der Waals surface area contributed by atoms with Gasteiger partial charge in [-0.25, -0.2) is 9.48 Å². The Balaban J connectivity index is 2.34. The van der Waals surface area contributed by atoms with E-state index < -0.39 is 41.3 Å². The van der Waals surface area contributed by atoms with Crippen molar-refractivity contribution in [1.29, 1.82) is 0 Å². The van der Waals surface area contributed by atoms with Gasteiger partial charge in [-0.1, -0.05) is 6.07 Å². The number of alkyl halides is 3. The summed E-state index contributed by atoms with van der Waals surface area (Å²) in [4.78, 5) is 37.8. The highest BCUT2D eigenvalue weighted by Crippen LogP contribution is 2.30. The van der Waals surface area contributed by atoms with E-state index in [-0.39, 0.29) is 11.4 Å². The molecule has 0 bridgehead atoms. The number of hydrogen-bond donors (Lipinski definition) is 0. The molecule has 7 nitrogen and oxygen atoms in total. The number of amides is 1. The molecule has 29 heavy (non-hydrogen) atoms. The molecule has 2 rings (SSSR count). The fourth-order valence-corrected chi connectivity index (χ4v) is 2.63. The monoisotopic (exact) mass is 411 g/mol. The first-order chi connectivity index (χ1) is 13.6. The van der Waals surface area contributed by atoms with Crippen molar-refractivity contribution >= 4 is 11.9 Å². The molecule has 0 saturated heterocycles. The lowest BCUT2D eigenvalue weighted by Crippen LogP contribution is -2.35. The van der Waals surface area contributed by atoms with Crippen molar-refractivity contribution in [3.63, 3.8) is 0 Å². The van der Waals surface area contributed by atoms with Gasteiger partial charge in [0.05, 0.1) is 11.3 Å². The highest BCUT2D eigenvalue weighted by molar-refractivity contribution is 5.89. The SMILES string of the molecule is CCN(CC)C(=O)COC(=O)c1nn(-c2cccc(C(F)(F)F)c2)c(C)cc1=O. The van der Waals surface area contributed by atoms with E-state index in [0.717, 1.165) is 22.9 Å². The van der Waals surface area contributed by atoms with E-state index in [0.29, 0.717) is 13.1 Å². The molecule has 0 fully saturated rings. The Morgan fingerprint density at radius 3 is 2.41 bits per heavy atom. The van der Waals surface area contributed by atoms with Crippen molar-refractivity contribution in [2.45, 2.75) is 26.9 Å². The fraction of sp³-hybridized carbons (Fsp3) is 0.368. The number of carbonyl (C=O) groups is 2. The van der Waals surface area contributed by atoms with Crippen molar-refractivity contribution in [2.75, 3.05) is 19.7 Å². The normalized spacial score (nSPS) is 11.2. The minimum atomic E-state index is -4.56. The average molecular weight is 411 g/mol. The number of halogens is 3. The third-order valence-electron chi connectivity index (χ3n) is 4.16. The molecule has 0 aliphatic heterocycles. The van der Waals surface area contributed by atoms with Crippen LogP contribution in [0.3, 0.4) is 0 Å². The molecule has 2 aromatic rings. The minimum Gasteiger partial charge on any atom is -0.451 e. The van der Waals surface area contributed by atoms with E-state index in [1.165, 1.54) is 24.0 Å². The van der Waals surface area contributed by atoms with Crippen molar-refractivity contribution in [3.8, 4) is 5.69 Å². The summed E-state index contributed by atoms with van der Waals surface area (Å²) in [5.74, 6) is -1.56. The molecule has 0 unspecified atom stereocenters. The van der Waals surface area contributed by atoms with Crippen LogP contribution in [-0.2, 0) is 15.7 Å². The number of likely N-dealkylation sites (N-methyl/N-ethyl adjacent to an activating group) is 1. The number of ether oxygens (including phenoxy) is 1. The summed E-state index contributed by atoms with van der Waals surface area (Å²) in [5, 5.41) is 3.87. The van der Waals surface area contributed by atoms with E-state index in [4.69, 9.17) is 4.74 Å². The Hall–Kier alpha value is -3.17. The number of aromatic nitrogens is 2. The lowest BCUT2D eigenvalue weighted by molar-refractivity contribution is -0.137. The summed E-state index contributed by atoms with van der Waals surface area (Å²) in [5.41, 5.74) is -2.04. The fourth-order valence-electron chi connectivity index (χ4n) is 2.63. The van der Waals surface area contributed by atoms with Gasteiger partial charge in [0.15, 0.2) is 6.61 Å². The first-order valence-electron chi connectivity index (χ1n) is 8.82. The van der Waals surface area contributed by atoms with Gasteiger partial charge in [-0.3, -0.25) is 9.59 Å². The summed E-state index contributed by atoms with van der Waals surface area (Å²) in [6, 6.07) is 5.37. The molecule has 156 valence electrons. The van der Waals surface area contributed by atoms with Crippen LogP contribution in [-0.4, -0.2) is 46.3 Å². The summed E-state index contributed by atoms with van der Waals surface area (Å²) < 4.78 is 44.8. The molecular weight excluding hydrogens is 391 g/mol. The molecule has 1 aromatic carbocycles. The first-order valence-corrected chi connectivity index (χ1v) is 8.82. The largest absolute Gasteiger partial charge is 0.451 e. The third-order valence-corrected chi connectivity index (χ3v) is 4.16. The van der Waals surface area contributed by atoms with Gasteiger partial charge >= 0.3 is 12.1 Å². The average Bonchev–Trinajstić information content (AvgIpc) is 2.66. The lowest BCUT2D eigenvalue weighted by atomic mass is 10.2. The number of rotatable bonds is 6. The van der Waals surface area contributed by atoms with Gasteiger partial charge in [-0.05, 0) is 39.0 Å². The topological polar surface area (TPSA) is 81.5 Å². The zero-order chi connectivity index (χ0) is 21.8. The molecule has 1 aromatic heterocycles. The van der Waals surface area contributed by atoms with Crippen LogP contribution in [0.2, 0.25) is 0 Å². The maximum Gasteiger partial charge on any atom is 0.416 e. The van der Waals surface area contributed by atoms with Crippen LogP contribution in [0, 0.1) is 6.92 Å². The molecule has 0 saturated carbocycles. The van der Waals surface area contributed by atoms with Gasteiger partial charge in [0, 0.05) is 24.8 Å². The summed E-state index contributed by atoms with van der Waals surface area (Å²) >= 11 is 0. The Kier molecular flexibility index (Phi) is 6.78. The number of benzene rings is 1. The van der Waals surface area contributed by atoms with Gasteiger partial charge in [-0.15, -0.1) is 0 Å². The number of esters is 1. The molecule has 0 aliphatic carbocycles. The van der Waals surface area contributed by atoms with Crippen molar-refractivity contribution in [1.82, 2.24) is 14.7 Å². The predicted molar refractivity (Wildman–Crippen MR) is 97.8 cm³/mol. The van der Waals surface area contributed by atoms with Crippen LogP contribution in [0.1, 0.15) is 35.6 Å². The van der Waals surface area contributed by atoms with Crippen LogP contribution in [0.25, 0.3) is 5.69 Å². The second kappa shape index (κ2) is 8.89. The number of carbonyl (C=O) groups excluding carboxylic acids is 2. The molecule has 0 N–H and O–H groups in total. The Morgan fingerprint density at radius 2 is 1.83 bits per heavy atom. The quantitative estimate of drug-likeness (QED) is 0.683. The predicted octanol–water partition coefficient (Wildman–Crippen LogP) is 2.58. The molecule has 1 heterocycles. The highest BCUT2D eigenvalue weighted by Gasteiger charge is 2.30. The summed E-state index contributed by atoms with van der Waals surface area (Å²) in [6.45, 7) is 5.28. The van der Waals surface area contributed by atoms with E-state index in [9.17, 15) is 27.6 Å². The van der Waals surface area contributed by atoms with Crippen LogP contribution in [0.4, 0.5) is 13.2 Å². The van der Waals surface area contributed by atoms with Crippen LogP contribution < -0.4 is 5.43 Å². The third kappa shape index (κ3) is 5.21. The molecule has 0 spiro atoms. The van der Waals surface area contributed by atoms with Crippen molar-refractivity contribution in [3.05, 3.63) is 57.5 Å². The smallest absolute Gasteiger partial charge is 0.416 e. The maximum absolute atomic E-state index is 13.0. The number of aryl methyl sites for hydroxylation is 1. The molecular formula is C19H20F3N3O4. The van der Waals surface area contributed by atoms with Gasteiger partial charge < -0.3 is 9.64 Å². The molecule has 0 atom stereocenters. The number of nitrogens with zero attached hydrogens (tertiary/aromatic N) is 3. The molecule has 10 heteroatoms. The Morgan fingerprint density at radius 1 is 1.17 bits per heavy atom. The van der Waals surface area contributed by atoms with Crippen LogP contribution in [0.5, 0.6) is 0 Å². The Bertz CT molecular complexity index is 966. The van der Waals surface area contributed by atoms with Crippen molar-refractivity contribution in [2.24, 2.45) is 0 Å². The first kappa shape index (κ1) is 22.1. The van der Waals surface area contributed by atoms with E-state index in [2.05, 4.69) is 5.10 Å². The van der Waals surface area contributed by atoms with E-state index >= 15 is 0 Å². The maximum atomic E-state index is 13.0. The summed E-state index contributed by atoms with van der Waals surface area (Å²) in [7, 11) is 0. The summed E-state index contributed by atoms with van der Waals surface area (Å²) in [6.07, 6.45) is -4.56.